The average molecular weight is 128 g/mol. The first-order chi connectivity index (χ1) is 4.31. The molecule has 0 rings (SSSR count). The highest BCUT2D eigenvalue weighted by molar-refractivity contribution is 4.96. The van der Waals surface area contributed by atoms with Crippen molar-refractivity contribution < 1.29 is 4.39 Å². The van der Waals surface area contributed by atoms with Crippen molar-refractivity contribution in [3.05, 3.63) is 24.1 Å². The van der Waals surface area contributed by atoms with Crippen LogP contribution in [0.5, 0.6) is 0 Å². The van der Waals surface area contributed by atoms with Crippen molar-refractivity contribution in [2.45, 2.75) is 26.7 Å². The molecule has 0 aliphatic rings. The lowest BCUT2D eigenvalue weighted by Gasteiger charge is -1.85. The first-order valence-electron chi connectivity index (χ1n) is 3.27. The standard InChI is InChI=1S/C8H13F/c1-3-5-6-7-8(9)4-2/h3,5,7H,4,6H2,1-2H3/b5-3-,8-7+. The number of halogens is 1. The molecule has 0 fully saturated rings. The summed E-state index contributed by atoms with van der Waals surface area (Å²) in [6.45, 7) is 3.74. The third kappa shape index (κ3) is 5.28. The topological polar surface area (TPSA) is 0 Å². The van der Waals surface area contributed by atoms with E-state index in [1.807, 2.05) is 26.0 Å². The third-order valence-corrected chi connectivity index (χ3v) is 1.05. The highest BCUT2D eigenvalue weighted by atomic mass is 19.1. The Morgan fingerprint density at radius 3 is 2.67 bits per heavy atom. The fourth-order valence-corrected chi connectivity index (χ4v) is 0.476. The van der Waals surface area contributed by atoms with Gasteiger partial charge in [0.1, 0.15) is 0 Å². The SMILES string of the molecule is C/C=C\C/C=C(/F)CC. The molecule has 0 aliphatic heterocycles. The molecule has 0 aromatic heterocycles. The molecule has 0 saturated carbocycles. The minimum absolute atomic E-state index is 0.0203. The summed E-state index contributed by atoms with van der Waals surface area (Å²) >= 11 is 0. The second kappa shape index (κ2) is 5.54. The Morgan fingerprint density at radius 1 is 1.56 bits per heavy atom. The van der Waals surface area contributed by atoms with Crippen LogP contribution in [-0.2, 0) is 0 Å². The van der Waals surface area contributed by atoms with E-state index in [9.17, 15) is 4.39 Å². The first-order valence-corrected chi connectivity index (χ1v) is 3.27. The van der Waals surface area contributed by atoms with Crippen LogP contribution in [0.4, 0.5) is 4.39 Å². The third-order valence-electron chi connectivity index (χ3n) is 1.05. The molecular weight excluding hydrogens is 115 g/mol. The number of hydrogen-bond acceptors (Lipinski definition) is 0. The molecule has 9 heavy (non-hydrogen) atoms. The van der Waals surface area contributed by atoms with E-state index in [0.29, 0.717) is 6.42 Å². The van der Waals surface area contributed by atoms with Crippen LogP contribution in [0, 0.1) is 0 Å². The maximum atomic E-state index is 12.3. The predicted octanol–water partition coefficient (Wildman–Crippen LogP) is 3.22. The van der Waals surface area contributed by atoms with Crippen LogP contribution in [0.2, 0.25) is 0 Å². The zero-order valence-electron chi connectivity index (χ0n) is 6.02. The van der Waals surface area contributed by atoms with Crippen molar-refractivity contribution in [3.63, 3.8) is 0 Å². The van der Waals surface area contributed by atoms with Crippen molar-refractivity contribution in [2.24, 2.45) is 0 Å². The molecule has 0 atom stereocenters. The van der Waals surface area contributed by atoms with Crippen LogP contribution in [0.15, 0.2) is 24.1 Å². The van der Waals surface area contributed by atoms with Gasteiger partial charge < -0.3 is 0 Å². The van der Waals surface area contributed by atoms with E-state index in [1.54, 1.807) is 6.08 Å². The summed E-state index contributed by atoms with van der Waals surface area (Å²) in [6, 6.07) is 0. The van der Waals surface area contributed by atoms with E-state index in [4.69, 9.17) is 0 Å². The average Bonchev–Trinajstić information content (AvgIpc) is 1.89. The molecule has 1 heteroatoms. The van der Waals surface area contributed by atoms with E-state index in [2.05, 4.69) is 0 Å². The molecule has 0 unspecified atom stereocenters. The molecule has 0 nitrogen and oxygen atoms in total. The van der Waals surface area contributed by atoms with Crippen LogP contribution in [0.1, 0.15) is 26.7 Å². The second-order valence-electron chi connectivity index (χ2n) is 1.81. The van der Waals surface area contributed by atoms with Gasteiger partial charge in [0.2, 0.25) is 0 Å². The lowest BCUT2D eigenvalue weighted by molar-refractivity contribution is 0.600. The normalized spacial score (nSPS) is 13.0. The Hall–Kier alpha value is -0.590. The van der Waals surface area contributed by atoms with Gasteiger partial charge in [-0.3, -0.25) is 0 Å². The van der Waals surface area contributed by atoms with Crippen molar-refractivity contribution in [2.75, 3.05) is 0 Å². The number of rotatable bonds is 3. The fourth-order valence-electron chi connectivity index (χ4n) is 0.476. The summed E-state index contributed by atoms with van der Waals surface area (Å²) in [7, 11) is 0. The molecule has 0 aromatic rings. The van der Waals surface area contributed by atoms with Crippen LogP contribution in [-0.4, -0.2) is 0 Å². The Morgan fingerprint density at radius 2 is 2.22 bits per heavy atom. The Kier molecular flexibility index (Phi) is 5.18. The van der Waals surface area contributed by atoms with Crippen molar-refractivity contribution in [3.8, 4) is 0 Å². The molecule has 52 valence electrons. The van der Waals surface area contributed by atoms with Crippen LogP contribution in [0.25, 0.3) is 0 Å². The number of hydrogen-bond donors (Lipinski definition) is 0. The Labute approximate surface area is 56.1 Å². The summed E-state index contributed by atoms with van der Waals surface area (Å²) in [5, 5.41) is 0. The van der Waals surface area contributed by atoms with Crippen molar-refractivity contribution >= 4 is 0 Å². The molecule has 0 spiro atoms. The molecule has 0 aromatic carbocycles. The molecule has 0 amide bonds. The zero-order chi connectivity index (χ0) is 7.11. The maximum Gasteiger partial charge on any atom is 0.0960 e. The van der Waals surface area contributed by atoms with Gasteiger partial charge in [-0.05, 0) is 25.8 Å². The van der Waals surface area contributed by atoms with Gasteiger partial charge in [-0.15, -0.1) is 0 Å². The zero-order valence-corrected chi connectivity index (χ0v) is 6.02. The Bertz CT molecular complexity index is 112. The molecule has 0 radical (unpaired) electrons. The molecular formula is C8H13F. The highest BCUT2D eigenvalue weighted by Crippen LogP contribution is 2.02. The summed E-state index contributed by atoms with van der Waals surface area (Å²) in [4.78, 5) is 0. The minimum Gasteiger partial charge on any atom is -0.212 e. The van der Waals surface area contributed by atoms with Crippen LogP contribution >= 0.6 is 0 Å². The molecule has 0 saturated heterocycles. The maximum absolute atomic E-state index is 12.3. The van der Waals surface area contributed by atoms with Gasteiger partial charge >= 0.3 is 0 Å². The van der Waals surface area contributed by atoms with Gasteiger partial charge in [-0.1, -0.05) is 19.1 Å². The summed E-state index contributed by atoms with van der Waals surface area (Å²) < 4.78 is 12.3. The smallest absolute Gasteiger partial charge is 0.0960 e. The van der Waals surface area contributed by atoms with E-state index >= 15 is 0 Å². The second-order valence-corrected chi connectivity index (χ2v) is 1.81. The van der Waals surface area contributed by atoms with Gasteiger partial charge in [0.05, 0.1) is 5.83 Å². The molecule has 0 bridgehead atoms. The monoisotopic (exact) mass is 128 g/mol. The van der Waals surface area contributed by atoms with Crippen molar-refractivity contribution in [1.29, 1.82) is 0 Å². The molecule has 0 aliphatic carbocycles. The lowest BCUT2D eigenvalue weighted by Crippen LogP contribution is -1.66. The van der Waals surface area contributed by atoms with Gasteiger partial charge in [0.25, 0.3) is 0 Å². The largest absolute Gasteiger partial charge is 0.212 e. The molecule has 0 heterocycles. The first kappa shape index (κ1) is 8.41. The van der Waals surface area contributed by atoms with E-state index < -0.39 is 0 Å². The van der Waals surface area contributed by atoms with Crippen LogP contribution in [0.3, 0.4) is 0 Å². The summed E-state index contributed by atoms with van der Waals surface area (Å²) in [5.74, 6) is -0.0203. The number of allylic oxidation sites excluding steroid dienone is 4. The van der Waals surface area contributed by atoms with Gasteiger partial charge in [0.15, 0.2) is 0 Å². The lowest BCUT2D eigenvalue weighted by atomic mass is 10.3. The highest BCUT2D eigenvalue weighted by Gasteiger charge is 1.83. The minimum atomic E-state index is -0.0203. The van der Waals surface area contributed by atoms with E-state index in [-0.39, 0.29) is 5.83 Å². The fraction of sp³-hybridized carbons (Fsp3) is 0.500. The summed E-state index contributed by atoms with van der Waals surface area (Å²) in [5.41, 5.74) is 0. The van der Waals surface area contributed by atoms with Gasteiger partial charge in [0, 0.05) is 0 Å². The summed E-state index contributed by atoms with van der Waals surface area (Å²) in [6.07, 6.45) is 6.67. The van der Waals surface area contributed by atoms with Gasteiger partial charge in [-0.25, -0.2) is 4.39 Å². The molecule has 0 N–H and O–H groups in total. The van der Waals surface area contributed by atoms with Gasteiger partial charge in [-0.2, -0.15) is 0 Å². The van der Waals surface area contributed by atoms with Crippen molar-refractivity contribution in [1.82, 2.24) is 0 Å². The van der Waals surface area contributed by atoms with E-state index in [0.717, 1.165) is 6.42 Å². The van der Waals surface area contributed by atoms with Crippen LogP contribution < -0.4 is 0 Å². The Balaban J connectivity index is 3.43. The van der Waals surface area contributed by atoms with E-state index in [1.165, 1.54) is 0 Å². The quantitative estimate of drug-likeness (QED) is 0.512. The predicted molar refractivity (Wildman–Crippen MR) is 38.9 cm³/mol.